The van der Waals surface area contributed by atoms with E-state index in [1.54, 1.807) is 12.1 Å². The molecule has 0 spiro atoms. The summed E-state index contributed by atoms with van der Waals surface area (Å²) in [7, 11) is 0. The summed E-state index contributed by atoms with van der Waals surface area (Å²) in [6.07, 6.45) is -0.694. The molecule has 1 atom stereocenters. The molecule has 0 saturated carbocycles. The molecule has 6 heteroatoms. The van der Waals surface area contributed by atoms with Gasteiger partial charge in [0, 0.05) is 19.0 Å². The highest BCUT2D eigenvalue weighted by Gasteiger charge is 2.18. The van der Waals surface area contributed by atoms with E-state index in [2.05, 4.69) is 28.9 Å². The summed E-state index contributed by atoms with van der Waals surface area (Å²) in [5, 5.41) is 14.5. The average Bonchev–Trinajstić information content (AvgIpc) is 2.95. The lowest BCUT2D eigenvalue weighted by Gasteiger charge is -2.25. The van der Waals surface area contributed by atoms with E-state index in [9.17, 15) is 9.50 Å². The zero-order valence-electron chi connectivity index (χ0n) is 14.7. The molecule has 5 nitrogen and oxygen atoms in total. The van der Waals surface area contributed by atoms with Crippen molar-refractivity contribution in [2.75, 3.05) is 13.1 Å². The third-order valence-corrected chi connectivity index (χ3v) is 3.65. The van der Waals surface area contributed by atoms with Crippen LogP contribution in [0.3, 0.4) is 0 Å². The number of benzene rings is 1. The lowest BCUT2D eigenvalue weighted by Crippen LogP contribution is -2.32. The molecule has 0 fully saturated rings. The third-order valence-electron chi connectivity index (χ3n) is 3.65. The van der Waals surface area contributed by atoms with E-state index >= 15 is 0 Å². The van der Waals surface area contributed by atoms with Gasteiger partial charge >= 0.3 is 0 Å². The molecule has 2 rings (SSSR count). The van der Waals surface area contributed by atoms with Gasteiger partial charge in [0.15, 0.2) is 5.82 Å². The third kappa shape index (κ3) is 5.39. The molecule has 2 aromatic rings. The molecule has 0 radical (unpaired) electrons. The van der Waals surface area contributed by atoms with Crippen molar-refractivity contribution in [1.82, 2.24) is 15.0 Å². The van der Waals surface area contributed by atoms with Gasteiger partial charge in [0.2, 0.25) is 5.89 Å². The first-order chi connectivity index (χ1) is 11.3. The Morgan fingerprint density at radius 2 is 1.79 bits per heavy atom. The minimum Gasteiger partial charge on any atom is -0.387 e. The first-order valence-electron chi connectivity index (χ1n) is 8.33. The largest absolute Gasteiger partial charge is 0.387 e. The van der Waals surface area contributed by atoms with E-state index in [1.807, 2.05) is 13.8 Å². The predicted molar refractivity (Wildman–Crippen MR) is 89.9 cm³/mol. The molecule has 0 amide bonds. The zero-order chi connectivity index (χ0) is 17.7. The number of rotatable bonds is 8. The van der Waals surface area contributed by atoms with Crippen LogP contribution in [0.2, 0.25) is 0 Å². The van der Waals surface area contributed by atoms with Crippen LogP contribution in [-0.2, 0) is 6.54 Å². The van der Waals surface area contributed by atoms with Crippen molar-refractivity contribution in [3.8, 4) is 0 Å². The van der Waals surface area contributed by atoms with Crippen molar-refractivity contribution in [2.45, 2.75) is 46.3 Å². The van der Waals surface area contributed by atoms with E-state index in [0.717, 1.165) is 6.54 Å². The van der Waals surface area contributed by atoms with Crippen LogP contribution < -0.4 is 0 Å². The average molecular weight is 335 g/mol. The van der Waals surface area contributed by atoms with Crippen LogP contribution in [0.5, 0.6) is 0 Å². The molecule has 1 unspecified atom stereocenters. The van der Waals surface area contributed by atoms with Gasteiger partial charge in [-0.2, -0.15) is 4.98 Å². The van der Waals surface area contributed by atoms with E-state index < -0.39 is 6.10 Å². The van der Waals surface area contributed by atoms with Crippen molar-refractivity contribution in [1.29, 1.82) is 0 Å². The van der Waals surface area contributed by atoms with Crippen LogP contribution in [0.25, 0.3) is 0 Å². The summed E-state index contributed by atoms with van der Waals surface area (Å²) in [4.78, 5) is 6.49. The number of aromatic nitrogens is 2. The Morgan fingerprint density at radius 3 is 2.33 bits per heavy atom. The summed E-state index contributed by atoms with van der Waals surface area (Å²) in [5.74, 6) is 1.55. The summed E-state index contributed by atoms with van der Waals surface area (Å²) in [6.45, 7) is 9.97. The Labute approximate surface area is 142 Å². The molecule has 0 bridgehead atoms. The molecule has 1 aromatic carbocycles. The highest BCUT2D eigenvalue weighted by atomic mass is 19.1. The van der Waals surface area contributed by atoms with Gasteiger partial charge in [-0.25, -0.2) is 4.39 Å². The quantitative estimate of drug-likeness (QED) is 0.800. The zero-order valence-corrected chi connectivity index (χ0v) is 14.7. The maximum Gasteiger partial charge on any atom is 0.229 e. The molecule has 132 valence electrons. The van der Waals surface area contributed by atoms with Crippen LogP contribution >= 0.6 is 0 Å². The second-order valence-corrected chi connectivity index (χ2v) is 6.86. The number of hydrogen-bond donors (Lipinski definition) is 1. The molecule has 1 heterocycles. The van der Waals surface area contributed by atoms with Gasteiger partial charge in [-0.1, -0.05) is 45.0 Å². The molecule has 0 aliphatic rings. The van der Waals surface area contributed by atoms with Crippen LogP contribution in [0.4, 0.5) is 4.39 Å². The van der Waals surface area contributed by atoms with Crippen molar-refractivity contribution in [3.63, 3.8) is 0 Å². The number of aliphatic hydroxyl groups excluding tert-OH is 1. The van der Waals surface area contributed by atoms with E-state index in [4.69, 9.17) is 4.52 Å². The normalized spacial score (nSPS) is 13.2. The molecule has 0 aliphatic carbocycles. The minimum atomic E-state index is -0.694. The molecular formula is C18H26FN3O2. The fraction of sp³-hybridized carbons (Fsp3) is 0.556. The van der Waals surface area contributed by atoms with Crippen LogP contribution in [0, 0.1) is 11.7 Å². The van der Waals surface area contributed by atoms with Gasteiger partial charge in [0.05, 0.1) is 12.6 Å². The van der Waals surface area contributed by atoms with Gasteiger partial charge < -0.3 is 9.63 Å². The maximum atomic E-state index is 13.0. The lowest BCUT2D eigenvalue weighted by molar-refractivity contribution is 0.0995. The van der Waals surface area contributed by atoms with Gasteiger partial charge in [-0.15, -0.1) is 0 Å². The Morgan fingerprint density at radius 1 is 1.12 bits per heavy atom. The fourth-order valence-electron chi connectivity index (χ4n) is 2.52. The highest BCUT2D eigenvalue weighted by molar-refractivity contribution is 5.18. The summed E-state index contributed by atoms with van der Waals surface area (Å²) in [5.41, 5.74) is 0.695. The van der Waals surface area contributed by atoms with E-state index in [0.29, 0.717) is 36.3 Å². The molecule has 0 saturated heterocycles. The molecule has 1 aromatic heterocycles. The maximum absolute atomic E-state index is 13.0. The van der Waals surface area contributed by atoms with Crippen molar-refractivity contribution >= 4 is 0 Å². The minimum absolute atomic E-state index is 0.189. The fourth-order valence-corrected chi connectivity index (χ4v) is 2.52. The number of halogens is 1. The van der Waals surface area contributed by atoms with Gasteiger partial charge in [0.1, 0.15) is 5.82 Å². The summed E-state index contributed by atoms with van der Waals surface area (Å²) < 4.78 is 18.3. The molecule has 24 heavy (non-hydrogen) atoms. The van der Waals surface area contributed by atoms with Crippen molar-refractivity contribution in [2.24, 2.45) is 5.92 Å². The summed E-state index contributed by atoms with van der Waals surface area (Å²) in [6, 6.07) is 5.94. The smallest absolute Gasteiger partial charge is 0.229 e. The van der Waals surface area contributed by atoms with E-state index in [-0.39, 0.29) is 11.7 Å². The molecule has 1 N–H and O–H groups in total. The van der Waals surface area contributed by atoms with Crippen molar-refractivity contribution in [3.05, 3.63) is 47.4 Å². The monoisotopic (exact) mass is 335 g/mol. The Bertz CT molecular complexity index is 625. The first-order valence-corrected chi connectivity index (χ1v) is 8.33. The van der Waals surface area contributed by atoms with Crippen LogP contribution in [-0.4, -0.2) is 33.2 Å². The van der Waals surface area contributed by atoms with Gasteiger partial charge in [-0.05, 0) is 23.6 Å². The number of aliphatic hydroxyl groups is 1. The van der Waals surface area contributed by atoms with E-state index in [1.165, 1.54) is 12.1 Å². The standard InChI is InChI=1S/C18H26FN3O2/c1-12(2)9-22(11-17-20-18(13(3)4)24-21-17)10-16(23)14-5-7-15(19)8-6-14/h5-8,12-13,16,23H,9-11H2,1-4H3. The van der Waals surface area contributed by atoms with Crippen molar-refractivity contribution < 1.29 is 14.0 Å². The van der Waals surface area contributed by atoms with Crippen LogP contribution in [0.15, 0.2) is 28.8 Å². The highest BCUT2D eigenvalue weighted by Crippen LogP contribution is 2.18. The number of hydrogen-bond acceptors (Lipinski definition) is 5. The van der Waals surface area contributed by atoms with Gasteiger partial charge in [-0.3, -0.25) is 4.90 Å². The van der Waals surface area contributed by atoms with Crippen LogP contribution in [0.1, 0.15) is 57.0 Å². The van der Waals surface area contributed by atoms with Gasteiger partial charge in [0.25, 0.3) is 0 Å². The Balaban J connectivity index is 2.05. The SMILES string of the molecule is CC(C)CN(Cc1noc(C(C)C)n1)CC(O)c1ccc(F)cc1. The lowest BCUT2D eigenvalue weighted by atomic mass is 10.1. The number of nitrogens with zero attached hydrogens (tertiary/aromatic N) is 3. The second kappa shape index (κ2) is 8.35. The molecular weight excluding hydrogens is 309 g/mol. The Hall–Kier alpha value is -1.79. The summed E-state index contributed by atoms with van der Waals surface area (Å²) >= 11 is 0. The molecule has 0 aliphatic heterocycles. The Kier molecular flexibility index (Phi) is 6.45. The predicted octanol–water partition coefficient (Wildman–Crippen LogP) is 3.52. The first kappa shape index (κ1) is 18.5. The topological polar surface area (TPSA) is 62.4 Å². The second-order valence-electron chi connectivity index (χ2n) is 6.86.